The van der Waals surface area contributed by atoms with Crippen molar-refractivity contribution in [2.45, 2.75) is 57.9 Å². The van der Waals surface area contributed by atoms with Crippen LogP contribution in [-0.2, 0) is 33.6 Å². The standard InChI is InChI=1S/C34H42N2O9/c1-23(40)36-29(33(41)35-15-18-39)22-25-20-26(9-4-3-5-16-37)32-28(21-25)31(30(45-32)10-6-17-38)34(42)44-19-7-8-24-11-13-27(43-2)14-12-24/h11-14,20-21,29,37-39H,3,5-8,10,15-19,22H2,1-2H3,(H,35,41)(H,36,40)/t29-/m0/s1. The number of furan rings is 1. The summed E-state index contributed by atoms with van der Waals surface area (Å²) in [6.45, 7) is 1.13. The second-order valence-electron chi connectivity index (χ2n) is 10.4. The number of ether oxygens (including phenoxy) is 2. The third-order valence-electron chi connectivity index (χ3n) is 6.92. The minimum Gasteiger partial charge on any atom is -0.497 e. The number of unbranched alkanes of at least 4 members (excludes halogenated alkanes) is 1. The van der Waals surface area contributed by atoms with Gasteiger partial charge in [0.1, 0.15) is 23.1 Å². The summed E-state index contributed by atoms with van der Waals surface area (Å²) in [5.41, 5.74) is 2.75. The number of esters is 1. The highest BCUT2D eigenvalue weighted by Gasteiger charge is 2.26. The van der Waals surface area contributed by atoms with Crippen LogP contribution in [-0.4, -0.2) is 79.2 Å². The van der Waals surface area contributed by atoms with Crippen molar-refractivity contribution in [1.29, 1.82) is 0 Å². The number of hydrogen-bond acceptors (Lipinski definition) is 9. The summed E-state index contributed by atoms with van der Waals surface area (Å²) < 4.78 is 17.1. The van der Waals surface area contributed by atoms with E-state index in [9.17, 15) is 24.6 Å². The molecule has 2 aromatic carbocycles. The molecular weight excluding hydrogens is 580 g/mol. The zero-order valence-electron chi connectivity index (χ0n) is 25.8. The number of carbonyl (C=O) groups excluding carboxylic acids is 3. The van der Waals surface area contributed by atoms with E-state index < -0.39 is 23.8 Å². The lowest BCUT2D eigenvalue weighted by atomic mass is 9.98. The Morgan fingerprint density at radius 2 is 1.71 bits per heavy atom. The van der Waals surface area contributed by atoms with E-state index in [4.69, 9.17) is 19.0 Å². The molecule has 242 valence electrons. The average molecular weight is 623 g/mol. The van der Waals surface area contributed by atoms with Crippen LogP contribution in [0.2, 0.25) is 0 Å². The van der Waals surface area contributed by atoms with Crippen molar-refractivity contribution in [1.82, 2.24) is 10.6 Å². The fraction of sp³-hybridized carbons (Fsp3) is 0.441. The Bertz CT molecular complexity index is 1490. The summed E-state index contributed by atoms with van der Waals surface area (Å²) in [6, 6.07) is 10.2. The van der Waals surface area contributed by atoms with Crippen molar-refractivity contribution in [2.24, 2.45) is 0 Å². The molecular formula is C34H42N2O9. The van der Waals surface area contributed by atoms with E-state index in [1.807, 2.05) is 24.3 Å². The minimum atomic E-state index is -0.948. The lowest BCUT2D eigenvalue weighted by Gasteiger charge is -2.18. The van der Waals surface area contributed by atoms with Crippen LogP contribution in [0.25, 0.3) is 11.0 Å². The summed E-state index contributed by atoms with van der Waals surface area (Å²) in [5.74, 6) is 5.75. The van der Waals surface area contributed by atoms with E-state index in [1.165, 1.54) is 6.92 Å². The zero-order chi connectivity index (χ0) is 32.6. The van der Waals surface area contributed by atoms with E-state index in [2.05, 4.69) is 22.5 Å². The highest BCUT2D eigenvalue weighted by Crippen LogP contribution is 2.32. The molecule has 11 nitrogen and oxygen atoms in total. The molecule has 45 heavy (non-hydrogen) atoms. The summed E-state index contributed by atoms with van der Waals surface area (Å²) in [7, 11) is 1.61. The van der Waals surface area contributed by atoms with E-state index in [1.54, 1.807) is 19.2 Å². The Hall–Kier alpha value is -4.37. The van der Waals surface area contributed by atoms with Gasteiger partial charge in [0.2, 0.25) is 11.8 Å². The third kappa shape index (κ3) is 10.6. The van der Waals surface area contributed by atoms with Gasteiger partial charge in [-0.3, -0.25) is 9.59 Å². The molecule has 5 N–H and O–H groups in total. The number of carbonyl (C=O) groups is 3. The van der Waals surface area contributed by atoms with Gasteiger partial charge in [0.25, 0.3) is 0 Å². The van der Waals surface area contributed by atoms with Gasteiger partial charge >= 0.3 is 5.97 Å². The zero-order valence-corrected chi connectivity index (χ0v) is 25.8. The summed E-state index contributed by atoms with van der Waals surface area (Å²) >= 11 is 0. The summed E-state index contributed by atoms with van der Waals surface area (Å²) in [6.07, 6.45) is 2.92. The van der Waals surface area contributed by atoms with Crippen molar-refractivity contribution >= 4 is 28.8 Å². The first kappa shape index (κ1) is 35.1. The molecule has 0 aliphatic rings. The van der Waals surface area contributed by atoms with E-state index in [0.717, 1.165) is 11.3 Å². The molecule has 0 aliphatic carbocycles. The number of benzene rings is 2. The number of aliphatic hydroxyl groups is 3. The Morgan fingerprint density at radius 1 is 0.956 bits per heavy atom. The van der Waals surface area contributed by atoms with E-state index >= 15 is 0 Å². The maximum Gasteiger partial charge on any atom is 0.342 e. The molecule has 0 radical (unpaired) electrons. The van der Waals surface area contributed by atoms with Crippen LogP contribution in [0, 0.1) is 11.8 Å². The molecule has 1 aromatic heterocycles. The summed E-state index contributed by atoms with van der Waals surface area (Å²) in [4.78, 5) is 38.3. The van der Waals surface area contributed by atoms with Crippen LogP contribution >= 0.6 is 0 Å². The normalized spacial score (nSPS) is 11.4. The van der Waals surface area contributed by atoms with Gasteiger partial charge in [-0.1, -0.05) is 24.0 Å². The molecule has 0 bridgehead atoms. The number of rotatable bonds is 17. The fourth-order valence-electron chi connectivity index (χ4n) is 4.78. The number of methoxy groups -OCH3 is 1. The Kier molecular flexibility index (Phi) is 14.4. The summed E-state index contributed by atoms with van der Waals surface area (Å²) in [5, 5.41) is 33.5. The lowest BCUT2D eigenvalue weighted by Crippen LogP contribution is -2.48. The van der Waals surface area contributed by atoms with Crippen LogP contribution in [0.5, 0.6) is 5.75 Å². The first-order valence-electron chi connectivity index (χ1n) is 15.1. The largest absolute Gasteiger partial charge is 0.497 e. The second-order valence-corrected chi connectivity index (χ2v) is 10.4. The van der Waals surface area contributed by atoms with Gasteiger partial charge in [0, 0.05) is 51.3 Å². The number of nitrogens with one attached hydrogen (secondary N) is 2. The first-order chi connectivity index (χ1) is 21.8. The maximum absolute atomic E-state index is 13.5. The minimum absolute atomic E-state index is 0.00795. The van der Waals surface area contributed by atoms with Crippen molar-refractivity contribution in [3.05, 3.63) is 64.4 Å². The van der Waals surface area contributed by atoms with Crippen molar-refractivity contribution in [3.8, 4) is 17.6 Å². The number of hydrogen-bond donors (Lipinski definition) is 5. The van der Waals surface area contributed by atoms with Gasteiger partial charge in [-0.15, -0.1) is 0 Å². The predicted molar refractivity (Wildman–Crippen MR) is 168 cm³/mol. The fourth-order valence-corrected chi connectivity index (χ4v) is 4.78. The molecule has 0 saturated heterocycles. The topological polar surface area (TPSA) is 168 Å². The lowest BCUT2D eigenvalue weighted by molar-refractivity contribution is -0.128. The predicted octanol–water partition coefficient (Wildman–Crippen LogP) is 2.44. The SMILES string of the molecule is COc1ccc(CCCOC(=O)c2c(CCCO)oc3c(C#CCCCO)cc(C[C@H](NC(C)=O)C(=O)NCCO)cc23)cc1. The highest BCUT2D eigenvalue weighted by molar-refractivity contribution is 6.06. The van der Waals surface area contributed by atoms with E-state index in [0.29, 0.717) is 60.0 Å². The Labute approximate surface area is 262 Å². The van der Waals surface area contributed by atoms with Crippen molar-refractivity contribution in [3.63, 3.8) is 0 Å². The van der Waals surface area contributed by atoms with Crippen molar-refractivity contribution < 1.29 is 43.6 Å². The Balaban J connectivity index is 1.97. The molecule has 0 unspecified atom stereocenters. The number of aliphatic hydroxyl groups excluding tert-OH is 3. The molecule has 3 rings (SSSR count). The quantitative estimate of drug-likeness (QED) is 0.0863. The van der Waals surface area contributed by atoms with Crippen LogP contribution in [0.3, 0.4) is 0 Å². The van der Waals surface area contributed by atoms with Gasteiger partial charge in [-0.05, 0) is 61.1 Å². The number of fused-ring (bicyclic) bond motifs is 1. The molecule has 11 heteroatoms. The van der Waals surface area contributed by atoms with Crippen LogP contribution in [0.1, 0.15) is 65.4 Å². The maximum atomic E-state index is 13.5. The molecule has 0 spiro atoms. The third-order valence-corrected chi connectivity index (χ3v) is 6.92. The molecule has 3 aromatic rings. The van der Waals surface area contributed by atoms with Crippen LogP contribution in [0.15, 0.2) is 40.8 Å². The van der Waals surface area contributed by atoms with Gasteiger partial charge in [0.15, 0.2) is 5.58 Å². The van der Waals surface area contributed by atoms with E-state index in [-0.39, 0.29) is 51.4 Å². The Morgan fingerprint density at radius 3 is 2.38 bits per heavy atom. The number of amides is 2. The molecule has 1 atom stereocenters. The van der Waals surface area contributed by atoms with Gasteiger partial charge in [0.05, 0.1) is 25.9 Å². The monoisotopic (exact) mass is 622 g/mol. The second kappa shape index (κ2) is 18.4. The van der Waals surface area contributed by atoms with Crippen LogP contribution < -0.4 is 15.4 Å². The first-order valence-corrected chi connectivity index (χ1v) is 15.1. The molecule has 0 saturated carbocycles. The highest BCUT2D eigenvalue weighted by atomic mass is 16.5. The average Bonchev–Trinajstić information content (AvgIpc) is 3.41. The number of aryl methyl sites for hydroxylation is 2. The van der Waals surface area contributed by atoms with Gasteiger partial charge in [-0.2, -0.15) is 0 Å². The van der Waals surface area contributed by atoms with Gasteiger partial charge < -0.3 is 39.8 Å². The molecule has 1 heterocycles. The molecule has 2 amide bonds. The van der Waals surface area contributed by atoms with Gasteiger partial charge in [-0.25, -0.2) is 4.79 Å². The molecule has 0 fully saturated rings. The van der Waals surface area contributed by atoms with Crippen LogP contribution in [0.4, 0.5) is 0 Å². The van der Waals surface area contributed by atoms with Crippen molar-refractivity contribution in [2.75, 3.05) is 40.1 Å². The smallest absolute Gasteiger partial charge is 0.342 e. The molecule has 0 aliphatic heterocycles.